The zero-order valence-corrected chi connectivity index (χ0v) is 7.57. The molecule has 4 N–H and O–H groups in total. The second-order valence-electron chi connectivity index (χ2n) is 2.93. The van der Waals surface area contributed by atoms with E-state index < -0.39 is 17.4 Å². The number of hydrogen-bond acceptors (Lipinski definition) is 4. The van der Waals surface area contributed by atoms with Crippen molar-refractivity contribution in [2.45, 2.75) is 6.10 Å². The summed E-state index contributed by atoms with van der Waals surface area (Å²) in [5.74, 6) is 0.160. The Labute approximate surface area is 82.5 Å². The third kappa shape index (κ3) is 1.48. The molecule has 0 saturated carbocycles. The number of aliphatic hydroxyl groups excluding tert-OH is 1. The molecule has 0 aliphatic heterocycles. The second-order valence-corrected chi connectivity index (χ2v) is 2.93. The summed E-state index contributed by atoms with van der Waals surface area (Å²) in [6, 6.07) is 0. The minimum absolute atomic E-state index is 0.111. The smallest absolute Gasteiger partial charge is 0.327 e. The first-order valence-corrected chi connectivity index (χ1v) is 4.14. The van der Waals surface area contributed by atoms with Crippen LogP contribution in [0.5, 0.6) is 0 Å². The monoisotopic (exact) mass is 208 g/mol. The minimum atomic E-state index is -1.000. The van der Waals surface area contributed by atoms with Crippen molar-refractivity contribution in [2.75, 3.05) is 0 Å². The lowest BCUT2D eigenvalue weighted by molar-refractivity contribution is 0.220. The fraction of sp³-hybridized carbons (Fsp3) is 0.125. The third-order valence-electron chi connectivity index (χ3n) is 1.91. The number of aliphatic hydroxyl groups is 1. The van der Waals surface area contributed by atoms with Crippen LogP contribution in [0.15, 0.2) is 22.2 Å². The highest BCUT2D eigenvalue weighted by atomic mass is 16.3. The molecule has 0 bridgehead atoms. The van der Waals surface area contributed by atoms with Gasteiger partial charge in [0, 0.05) is 0 Å². The van der Waals surface area contributed by atoms with Gasteiger partial charge in [0.2, 0.25) is 0 Å². The maximum atomic E-state index is 11.3. The van der Waals surface area contributed by atoms with Crippen LogP contribution >= 0.6 is 0 Å². The van der Waals surface area contributed by atoms with Crippen molar-refractivity contribution in [1.29, 1.82) is 0 Å². The Morgan fingerprint density at radius 1 is 1.33 bits per heavy atom. The summed E-state index contributed by atoms with van der Waals surface area (Å²) >= 11 is 0. The lowest BCUT2D eigenvalue weighted by Gasteiger charge is -1.96. The molecule has 0 aromatic carbocycles. The first kappa shape index (κ1) is 9.41. The Bertz CT molecular complexity index is 621. The third-order valence-corrected chi connectivity index (χ3v) is 1.91. The van der Waals surface area contributed by atoms with Gasteiger partial charge in [0.05, 0.1) is 0 Å². The van der Waals surface area contributed by atoms with Crippen molar-refractivity contribution in [3.05, 3.63) is 39.3 Å². The molecule has 0 aliphatic rings. The number of fused-ring (bicyclic) bond motifs is 1. The molecule has 0 amide bonds. The highest BCUT2D eigenvalue weighted by Crippen LogP contribution is 2.11. The molecule has 0 saturated heterocycles. The van der Waals surface area contributed by atoms with Crippen LogP contribution in [0.3, 0.4) is 0 Å². The van der Waals surface area contributed by atoms with E-state index in [0.29, 0.717) is 0 Å². The van der Waals surface area contributed by atoms with E-state index in [0.717, 1.165) is 0 Å². The van der Waals surface area contributed by atoms with Crippen molar-refractivity contribution in [1.82, 2.24) is 19.9 Å². The quantitative estimate of drug-likeness (QED) is 0.481. The van der Waals surface area contributed by atoms with Crippen LogP contribution in [0, 0.1) is 0 Å². The minimum Gasteiger partial charge on any atom is -0.381 e. The number of aromatic nitrogens is 4. The predicted octanol–water partition coefficient (Wildman–Crippen LogP) is -0.841. The zero-order chi connectivity index (χ0) is 11.0. The van der Waals surface area contributed by atoms with Crippen LogP contribution < -0.4 is 11.2 Å². The lowest BCUT2D eigenvalue weighted by Crippen LogP contribution is -2.21. The van der Waals surface area contributed by atoms with Gasteiger partial charge in [-0.15, -0.1) is 6.58 Å². The summed E-state index contributed by atoms with van der Waals surface area (Å²) in [7, 11) is 0. The van der Waals surface area contributed by atoms with Crippen molar-refractivity contribution in [2.24, 2.45) is 0 Å². The molecule has 0 radical (unpaired) electrons. The van der Waals surface area contributed by atoms with E-state index in [1.807, 2.05) is 4.98 Å². The Kier molecular flexibility index (Phi) is 2.01. The summed E-state index contributed by atoms with van der Waals surface area (Å²) in [5, 5.41) is 9.37. The van der Waals surface area contributed by atoms with E-state index >= 15 is 0 Å². The van der Waals surface area contributed by atoms with E-state index in [4.69, 9.17) is 0 Å². The Morgan fingerprint density at radius 2 is 2.07 bits per heavy atom. The second kappa shape index (κ2) is 3.21. The molecule has 0 fully saturated rings. The SMILES string of the molecule is C=CC(O)c1nc2[nH]c(=O)[nH]c(=O)c2[nH]1. The average molecular weight is 208 g/mol. The van der Waals surface area contributed by atoms with Gasteiger partial charge in [-0.3, -0.25) is 14.8 Å². The van der Waals surface area contributed by atoms with Gasteiger partial charge >= 0.3 is 5.69 Å². The van der Waals surface area contributed by atoms with Gasteiger partial charge in [-0.1, -0.05) is 6.08 Å². The largest absolute Gasteiger partial charge is 0.381 e. The van der Waals surface area contributed by atoms with Gasteiger partial charge in [-0.25, -0.2) is 9.78 Å². The molecule has 2 aromatic rings. The first-order valence-electron chi connectivity index (χ1n) is 4.14. The molecule has 15 heavy (non-hydrogen) atoms. The summed E-state index contributed by atoms with van der Waals surface area (Å²) < 4.78 is 0. The number of nitrogens with zero attached hydrogens (tertiary/aromatic N) is 1. The van der Waals surface area contributed by atoms with Gasteiger partial charge in [0.1, 0.15) is 17.4 Å². The Morgan fingerprint density at radius 3 is 2.73 bits per heavy atom. The fourth-order valence-electron chi connectivity index (χ4n) is 1.20. The molecule has 7 heteroatoms. The Hall–Kier alpha value is -2.15. The van der Waals surface area contributed by atoms with Crippen LogP contribution in [0.2, 0.25) is 0 Å². The van der Waals surface area contributed by atoms with Crippen LogP contribution in [0.4, 0.5) is 0 Å². The summed E-state index contributed by atoms with van der Waals surface area (Å²) in [6.45, 7) is 3.38. The van der Waals surface area contributed by atoms with Crippen molar-refractivity contribution in [3.8, 4) is 0 Å². The summed E-state index contributed by atoms with van der Waals surface area (Å²) in [6.07, 6.45) is 0.254. The molecule has 7 nitrogen and oxygen atoms in total. The van der Waals surface area contributed by atoms with Gasteiger partial charge in [0.15, 0.2) is 5.65 Å². The van der Waals surface area contributed by atoms with E-state index in [1.165, 1.54) is 6.08 Å². The van der Waals surface area contributed by atoms with Crippen LogP contribution in [-0.4, -0.2) is 25.0 Å². The van der Waals surface area contributed by atoms with E-state index in [1.54, 1.807) is 0 Å². The highest BCUT2D eigenvalue weighted by molar-refractivity contribution is 5.68. The maximum absolute atomic E-state index is 11.3. The Balaban J connectivity index is 2.76. The topological polar surface area (TPSA) is 115 Å². The van der Waals surface area contributed by atoms with Gasteiger partial charge in [-0.2, -0.15) is 0 Å². The van der Waals surface area contributed by atoms with Gasteiger partial charge in [-0.05, 0) is 0 Å². The normalized spacial score (nSPS) is 12.9. The number of hydrogen-bond donors (Lipinski definition) is 4. The number of nitrogens with one attached hydrogen (secondary N) is 3. The molecular weight excluding hydrogens is 200 g/mol. The predicted molar refractivity (Wildman–Crippen MR) is 52.5 cm³/mol. The van der Waals surface area contributed by atoms with Crippen molar-refractivity contribution < 1.29 is 5.11 Å². The van der Waals surface area contributed by atoms with E-state index in [2.05, 4.69) is 21.5 Å². The van der Waals surface area contributed by atoms with Gasteiger partial charge in [0.25, 0.3) is 5.56 Å². The van der Waals surface area contributed by atoms with Crippen molar-refractivity contribution in [3.63, 3.8) is 0 Å². The van der Waals surface area contributed by atoms with Crippen LogP contribution in [-0.2, 0) is 0 Å². The first-order chi connectivity index (χ1) is 7.11. The summed E-state index contributed by atoms with van der Waals surface area (Å²) in [5.41, 5.74) is -0.993. The standard InChI is InChI=1S/C8H8N4O3/c1-2-3(13)5-9-4-6(10-5)11-8(15)12-7(4)14/h2-3,13H,1H2,(H3,9,10,11,12,14,15). The molecule has 1 atom stereocenters. The number of aromatic amines is 3. The molecule has 2 aromatic heterocycles. The number of H-pyrrole nitrogens is 3. The number of imidazole rings is 1. The van der Waals surface area contributed by atoms with Crippen LogP contribution in [0.1, 0.15) is 11.9 Å². The van der Waals surface area contributed by atoms with Gasteiger partial charge < -0.3 is 10.1 Å². The molecule has 1 unspecified atom stereocenters. The zero-order valence-electron chi connectivity index (χ0n) is 7.57. The molecule has 0 spiro atoms. The molecule has 2 heterocycles. The number of rotatable bonds is 2. The lowest BCUT2D eigenvalue weighted by atomic mass is 10.3. The van der Waals surface area contributed by atoms with Crippen LogP contribution in [0.25, 0.3) is 11.2 Å². The average Bonchev–Trinajstić information content (AvgIpc) is 2.60. The maximum Gasteiger partial charge on any atom is 0.327 e. The fourth-order valence-corrected chi connectivity index (χ4v) is 1.20. The van der Waals surface area contributed by atoms with Crippen molar-refractivity contribution >= 4 is 11.2 Å². The van der Waals surface area contributed by atoms with E-state index in [-0.39, 0.29) is 17.0 Å². The highest BCUT2D eigenvalue weighted by Gasteiger charge is 2.11. The molecule has 2 rings (SSSR count). The summed E-state index contributed by atoms with van der Waals surface area (Å²) in [4.78, 5) is 33.0. The molecule has 0 aliphatic carbocycles. The van der Waals surface area contributed by atoms with E-state index in [9.17, 15) is 14.7 Å². The molecule has 78 valence electrons. The molecular formula is C8H8N4O3.